The summed E-state index contributed by atoms with van der Waals surface area (Å²) in [5, 5.41) is 3.83. The van der Waals surface area contributed by atoms with Gasteiger partial charge < -0.3 is 5.32 Å². The summed E-state index contributed by atoms with van der Waals surface area (Å²) in [7, 11) is 0. The van der Waals surface area contributed by atoms with E-state index in [1.165, 1.54) is 25.7 Å². The molecule has 2 aliphatic heterocycles. The Kier molecular flexibility index (Phi) is 1.99. The maximum Gasteiger partial charge on any atom is 0.0161 e. The lowest BCUT2D eigenvalue weighted by Gasteiger charge is -2.43. The normalized spacial score (nSPS) is 50.1. The molecule has 0 amide bonds. The highest BCUT2D eigenvalue weighted by molar-refractivity contribution is 5.08. The molecule has 2 fully saturated rings. The van der Waals surface area contributed by atoms with E-state index in [1.807, 2.05) is 0 Å². The van der Waals surface area contributed by atoms with Gasteiger partial charge in [0.25, 0.3) is 0 Å². The third kappa shape index (κ3) is 1.63. The summed E-state index contributed by atoms with van der Waals surface area (Å²) >= 11 is 0. The molecule has 0 saturated carbocycles. The smallest absolute Gasteiger partial charge is 0.0161 e. The van der Waals surface area contributed by atoms with E-state index in [0.29, 0.717) is 11.1 Å². The first-order valence-corrected chi connectivity index (χ1v) is 5.72. The van der Waals surface area contributed by atoms with Crippen LogP contribution in [0.4, 0.5) is 0 Å². The molecule has 2 aliphatic rings. The minimum atomic E-state index is 0.460. The van der Waals surface area contributed by atoms with Crippen LogP contribution >= 0.6 is 0 Å². The standard InChI is InChI=1S/C12H23N/c1-9(2)10-7-11(3)5-6-12(4,8-10)13-11/h9-10,13H,5-8H2,1-4H3/t10-,11-,12+. The Hall–Kier alpha value is -0.0400. The van der Waals surface area contributed by atoms with Crippen LogP contribution in [-0.2, 0) is 0 Å². The summed E-state index contributed by atoms with van der Waals surface area (Å²) in [5.74, 6) is 1.80. The molecule has 1 heteroatoms. The van der Waals surface area contributed by atoms with Gasteiger partial charge in [-0.3, -0.25) is 0 Å². The van der Waals surface area contributed by atoms with Crippen LogP contribution in [0.3, 0.4) is 0 Å². The Bertz CT molecular complexity index is 193. The summed E-state index contributed by atoms with van der Waals surface area (Å²) in [6.45, 7) is 9.57. The van der Waals surface area contributed by atoms with Gasteiger partial charge in [-0.25, -0.2) is 0 Å². The number of nitrogens with one attached hydrogen (secondary N) is 1. The number of hydrogen-bond acceptors (Lipinski definition) is 1. The molecule has 13 heavy (non-hydrogen) atoms. The van der Waals surface area contributed by atoms with Crippen LogP contribution in [0.25, 0.3) is 0 Å². The minimum absolute atomic E-state index is 0.460. The summed E-state index contributed by atoms with van der Waals surface area (Å²) in [5.41, 5.74) is 0.921. The van der Waals surface area contributed by atoms with E-state index >= 15 is 0 Å². The monoisotopic (exact) mass is 181 g/mol. The third-order valence-electron chi connectivity index (χ3n) is 4.20. The van der Waals surface area contributed by atoms with E-state index in [-0.39, 0.29) is 0 Å². The Morgan fingerprint density at radius 3 is 1.92 bits per heavy atom. The molecule has 0 unspecified atom stereocenters. The molecule has 3 atom stereocenters. The summed E-state index contributed by atoms with van der Waals surface area (Å²) in [6, 6.07) is 0. The van der Waals surface area contributed by atoms with Crippen LogP contribution in [-0.4, -0.2) is 11.1 Å². The molecule has 76 valence electrons. The predicted molar refractivity (Wildman–Crippen MR) is 56.7 cm³/mol. The Balaban J connectivity index is 2.16. The van der Waals surface area contributed by atoms with Crippen molar-refractivity contribution in [1.82, 2.24) is 5.32 Å². The topological polar surface area (TPSA) is 12.0 Å². The van der Waals surface area contributed by atoms with E-state index in [9.17, 15) is 0 Å². The van der Waals surface area contributed by atoms with Crippen LogP contribution in [0, 0.1) is 11.8 Å². The lowest BCUT2D eigenvalue weighted by atomic mass is 9.75. The summed E-state index contributed by atoms with van der Waals surface area (Å²) in [6.07, 6.45) is 5.54. The van der Waals surface area contributed by atoms with E-state index in [2.05, 4.69) is 33.0 Å². The van der Waals surface area contributed by atoms with Gasteiger partial charge in [0.15, 0.2) is 0 Å². The fraction of sp³-hybridized carbons (Fsp3) is 1.00. The first kappa shape index (κ1) is 9.51. The van der Waals surface area contributed by atoms with Gasteiger partial charge in [-0.05, 0) is 51.4 Å². The Labute approximate surface area is 82.3 Å². The van der Waals surface area contributed by atoms with Crippen molar-refractivity contribution in [2.75, 3.05) is 0 Å². The maximum absolute atomic E-state index is 3.83. The van der Waals surface area contributed by atoms with Crippen LogP contribution in [0.5, 0.6) is 0 Å². The van der Waals surface area contributed by atoms with Crippen molar-refractivity contribution in [3.8, 4) is 0 Å². The van der Waals surface area contributed by atoms with E-state index < -0.39 is 0 Å². The number of hydrogen-bond donors (Lipinski definition) is 1. The molecule has 0 aromatic heterocycles. The number of rotatable bonds is 1. The van der Waals surface area contributed by atoms with Gasteiger partial charge in [0.2, 0.25) is 0 Å². The van der Waals surface area contributed by atoms with Gasteiger partial charge in [0.05, 0.1) is 0 Å². The molecule has 1 N–H and O–H groups in total. The third-order valence-corrected chi connectivity index (χ3v) is 4.20. The Morgan fingerprint density at radius 1 is 1.08 bits per heavy atom. The first-order valence-electron chi connectivity index (χ1n) is 5.72. The summed E-state index contributed by atoms with van der Waals surface area (Å²) in [4.78, 5) is 0. The predicted octanol–water partition coefficient (Wildman–Crippen LogP) is 2.95. The average molecular weight is 181 g/mol. The first-order chi connectivity index (χ1) is 5.93. The molecule has 0 radical (unpaired) electrons. The average Bonchev–Trinajstić information content (AvgIpc) is 2.20. The zero-order chi connectivity index (χ0) is 9.69. The minimum Gasteiger partial charge on any atom is -0.306 e. The molecule has 2 heterocycles. The lowest BCUT2D eigenvalue weighted by molar-refractivity contribution is 0.139. The van der Waals surface area contributed by atoms with Crippen LogP contribution in [0.1, 0.15) is 53.4 Å². The van der Waals surface area contributed by atoms with Crippen molar-refractivity contribution in [3.63, 3.8) is 0 Å². The molecule has 0 spiro atoms. The second kappa shape index (κ2) is 2.73. The van der Waals surface area contributed by atoms with Gasteiger partial charge in [-0.1, -0.05) is 13.8 Å². The van der Waals surface area contributed by atoms with E-state index in [1.54, 1.807) is 0 Å². The largest absolute Gasteiger partial charge is 0.306 e. The fourth-order valence-corrected chi connectivity index (χ4v) is 3.41. The van der Waals surface area contributed by atoms with Crippen molar-refractivity contribution in [2.24, 2.45) is 11.8 Å². The molecule has 0 aromatic rings. The SMILES string of the molecule is CC(C)[C@H]1C[C@]2(C)CC[C@](C)(C1)N2. The fourth-order valence-electron chi connectivity index (χ4n) is 3.41. The molecule has 2 bridgehead atoms. The van der Waals surface area contributed by atoms with Gasteiger partial charge in [0.1, 0.15) is 0 Å². The second-order valence-corrected chi connectivity index (χ2v) is 6.16. The molecule has 2 rings (SSSR count). The molecular formula is C12H23N. The molecule has 1 nitrogen and oxygen atoms in total. The Morgan fingerprint density at radius 2 is 1.54 bits per heavy atom. The molecular weight excluding hydrogens is 158 g/mol. The van der Waals surface area contributed by atoms with Gasteiger partial charge in [-0.15, -0.1) is 0 Å². The van der Waals surface area contributed by atoms with Crippen molar-refractivity contribution in [3.05, 3.63) is 0 Å². The zero-order valence-corrected chi connectivity index (χ0v) is 9.48. The van der Waals surface area contributed by atoms with E-state index in [4.69, 9.17) is 0 Å². The molecule has 0 aromatic carbocycles. The van der Waals surface area contributed by atoms with Crippen molar-refractivity contribution in [2.45, 2.75) is 64.5 Å². The quantitative estimate of drug-likeness (QED) is 0.656. The van der Waals surface area contributed by atoms with Gasteiger partial charge in [0, 0.05) is 11.1 Å². The molecule has 2 saturated heterocycles. The van der Waals surface area contributed by atoms with Crippen LogP contribution in [0.2, 0.25) is 0 Å². The zero-order valence-electron chi connectivity index (χ0n) is 9.48. The highest BCUT2D eigenvalue weighted by Gasteiger charge is 2.48. The number of piperidine rings is 1. The van der Waals surface area contributed by atoms with Crippen molar-refractivity contribution < 1.29 is 0 Å². The van der Waals surface area contributed by atoms with Crippen LogP contribution < -0.4 is 5.32 Å². The lowest BCUT2D eigenvalue weighted by Crippen LogP contribution is -2.54. The highest BCUT2D eigenvalue weighted by atomic mass is 15.1. The van der Waals surface area contributed by atoms with Crippen molar-refractivity contribution >= 4 is 0 Å². The maximum atomic E-state index is 3.83. The van der Waals surface area contributed by atoms with Gasteiger partial charge >= 0.3 is 0 Å². The second-order valence-electron chi connectivity index (χ2n) is 6.16. The number of fused-ring (bicyclic) bond motifs is 2. The van der Waals surface area contributed by atoms with E-state index in [0.717, 1.165) is 11.8 Å². The highest BCUT2D eigenvalue weighted by Crippen LogP contribution is 2.46. The summed E-state index contributed by atoms with van der Waals surface area (Å²) < 4.78 is 0. The molecule has 0 aliphatic carbocycles. The van der Waals surface area contributed by atoms with Crippen molar-refractivity contribution in [1.29, 1.82) is 0 Å². The van der Waals surface area contributed by atoms with Crippen LogP contribution in [0.15, 0.2) is 0 Å². The van der Waals surface area contributed by atoms with Gasteiger partial charge in [-0.2, -0.15) is 0 Å².